The average Bonchev–Trinajstić information content (AvgIpc) is 2.93. The fourth-order valence-corrected chi connectivity index (χ4v) is 4.00. The van der Waals surface area contributed by atoms with Crippen molar-refractivity contribution in [2.24, 2.45) is 0 Å². The molecule has 0 radical (unpaired) electrons. The van der Waals surface area contributed by atoms with Gasteiger partial charge in [-0.1, -0.05) is 30.3 Å². The van der Waals surface area contributed by atoms with E-state index >= 15 is 0 Å². The zero-order valence-electron chi connectivity index (χ0n) is 9.95. The molecule has 3 nitrogen and oxygen atoms in total. The fourth-order valence-electron chi connectivity index (χ4n) is 2.30. The van der Waals surface area contributed by atoms with E-state index in [4.69, 9.17) is 0 Å². The average molecular weight is 278 g/mol. The van der Waals surface area contributed by atoms with Gasteiger partial charge in [0.1, 0.15) is 0 Å². The predicted octanol–water partition coefficient (Wildman–Crippen LogP) is 2.32. The summed E-state index contributed by atoms with van der Waals surface area (Å²) in [4.78, 5) is 12.3. The predicted molar refractivity (Wildman–Crippen MR) is 79.1 cm³/mol. The minimum Gasteiger partial charge on any atom is -0.294 e. The summed E-state index contributed by atoms with van der Waals surface area (Å²) in [6.45, 7) is 0.661. The molecule has 1 aromatic heterocycles. The fraction of sp³-hybridized carbons (Fsp3) is 0.308. The van der Waals surface area contributed by atoms with Crippen LogP contribution < -0.4 is 5.69 Å². The summed E-state index contributed by atoms with van der Waals surface area (Å²) in [5.41, 5.74) is 2.43. The summed E-state index contributed by atoms with van der Waals surface area (Å²) in [7, 11) is 2.73. The molecule has 0 spiro atoms. The minimum absolute atomic E-state index is 0.117. The Bertz CT molecular complexity index is 605. The van der Waals surface area contributed by atoms with Gasteiger partial charge in [0.2, 0.25) is 0 Å². The van der Waals surface area contributed by atoms with Crippen molar-refractivity contribution in [1.29, 1.82) is 0 Å². The summed E-state index contributed by atoms with van der Waals surface area (Å²) in [6.07, 6.45) is 2.93. The molecule has 0 fully saturated rings. The van der Waals surface area contributed by atoms with Crippen LogP contribution >= 0.6 is 21.0 Å². The van der Waals surface area contributed by atoms with Gasteiger partial charge in [-0.3, -0.25) is 9.13 Å². The monoisotopic (exact) mass is 278 g/mol. The lowest BCUT2D eigenvalue weighted by Gasteiger charge is -2.08. The normalized spacial score (nSPS) is 17.9. The first kappa shape index (κ1) is 12.1. The molecule has 0 saturated carbocycles. The molecular formula is C13H15N2OPS. The first-order valence-electron chi connectivity index (χ1n) is 5.95. The molecule has 0 N–H and O–H groups in total. The first-order valence-corrected chi connectivity index (χ1v) is 7.82. The topological polar surface area (TPSA) is 26.9 Å². The summed E-state index contributed by atoms with van der Waals surface area (Å²) >= 11 is 1.84. The van der Waals surface area contributed by atoms with E-state index in [0.717, 1.165) is 17.6 Å². The highest BCUT2D eigenvalue weighted by Crippen LogP contribution is 2.35. The van der Waals surface area contributed by atoms with Gasteiger partial charge in [0.15, 0.2) is 0 Å². The van der Waals surface area contributed by atoms with Crippen molar-refractivity contribution < 1.29 is 0 Å². The molecule has 2 atom stereocenters. The van der Waals surface area contributed by atoms with Crippen LogP contribution in [0.4, 0.5) is 0 Å². The first-order chi connectivity index (χ1) is 8.79. The highest BCUT2D eigenvalue weighted by Gasteiger charge is 2.25. The van der Waals surface area contributed by atoms with Gasteiger partial charge in [0, 0.05) is 11.9 Å². The molecule has 0 amide bonds. The molecule has 94 valence electrons. The van der Waals surface area contributed by atoms with Gasteiger partial charge in [0.25, 0.3) is 0 Å². The number of imidazole rings is 1. The SMILES string of the molecule is O=c1n(Cc2ccccc2)cc2n1C(CP)SC2. The summed E-state index contributed by atoms with van der Waals surface area (Å²) in [5, 5.41) is 0.287. The van der Waals surface area contributed by atoms with Crippen molar-refractivity contribution in [3.63, 3.8) is 0 Å². The van der Waals surface area contributed by atoms with Crippen molar-refractivity contribution in [3.05, 3.63) is 58.3 Å². The van der Waals surface area contributed by atoms with E-state index < -0.39 is 0 Å². The van der Waals surface area contributed by atoms with Gasteiger partial charge in [-0.15, -0.1) is 21.0 Å². The largest absolute Gasteiger partial charge is 0.329 e. The van der Waals surface area contributed by atoms with Gasteiger partial charge < -0.3 is 0 Å². The zero-order chi connectivity index (χ0) is 12.5. The molecular weight excluding hydrogens is 263 g/mol. The summed E-state index contributed by atoms with van der Waals surface area (Å²) < 4.78 is 3.75. The van der Waals surface area contributed by atoms with Crippen LogP contribution in [0, 0.1) is 0 Å². The number of benzene rings is 1. The van der Waals surface area contributed by atoms with Crippen LogP contribution in [0.15, 0.2) is 41.3 Å². The lowest BCUT2D eigenvalue weighted by atomic mass is 10.2. The van der Waals surface area contributed by atoms with E-state index in [-0.39, 0.29) is 11.1 Å². The maximum atomic E-state index is 12.3. The van der Waals surface area contributed by atoms with Gasteiger partial charge in [0.05, 0.1) is 17.6 Å². The number of nitrogens with zero attached hydrogens (tertiary/aromatic N) is 2. The van der Waals surface area contributed by atoms with E-state index in [2.05, 4.69) is 21.4 Å². The Morgan fingerprint density at radius 1 is 1.33 bits per heavy atom. The summed E-state index contributed by atoms with van der Waals surface area (Å²) in [6, 6.07) is 10.1. The number of rotatable bonds is 3. The van der Waals surface area contributed by atoms with Crippen LogP contribution in [-0.4, -0.2) is 15.3 Å². The van der Waals surface area contributed by atoms with Crippen LogP contribution in [0.2, 0.25) is 0 Å². The minimum atomic E-state index is 0.117. The third-order valence-corrected chi connectivity index (χ3v) is 5.21. The Morgan fingerprint density at radius 3 is 2.83 bits per heavy atom. The van der Waals surface area contributed by atoms with Crippen molar-refractivity contribution in [2.45, 2.75) is 17.7 Å². The van der Waals surface area contributed by atoms with Crippen molar-refractivity contribution in [2.75, 3.05) is 6.16 Å². The highest BCUT2D eigenvalue weighted by atomic mass is 32.2. The van der Waals surface area contributed by atoms with Crippen molar-refractivity contribution in [1.82, 2.24) is 9.13 Å². The van der Waals surface area contributed by atoms with E-state index in [1.165, 1.54) is 5.56 Å². The molecule has 2 heterocycles. The smallest absolute Gasteiger partial charge is 0.294 e. The van der Waals surface area contributed by atoms with Crippen molar-refractivity contribution in [3.8, 4) is 0 Å². The standard InChI is InChI=1S/C13H15N2OPS/c16-13-14(6-10-4-2-1-3-5-10)7-11-9-18-12(8-17)15(11)13/h1-5,7,12H,6,8-9,17H2. The van der Waals surface area contributed by atoms with Gasteiger partial charge in [-0.2, -0.15) is 0 Å². The second-order valence-corrected chi connectivity index (χ2v) is 6.03. The van der Waals surface area contributed by atoms with Crippen LogP contribution in [0.5, 0.6) is 0 Å². The van der Waals surface area contributed by atoms with Gasteiger partial charge in [-0.25, -0.2) is 4.79 Å². The molecule has 1 aliphatic rings. The number of aromatic nitrogens is 2. The van der Waals surface area contributed by atoms with Gasteiger partial charge >= 0.3 is 5.69 Å². The number of hydrogen-bond donors (Lipinski definition) is 0. The Kier molecular flexibility index (Phi) is 3.31. The molecule has 0 bridgehead atoms. The Morgan fingerprint density at radius 2 is 2.11 bits per heavy atom. The quantitative estimate of drug-likeness (QED) is 0.806. The lowest BCUT2D eigenvalue weighted by molar-refractivity contribution is 0.663. The van der Waals surface area contributed by atoms with Crippen LogP contribution in [0.3, 0.4) is 0 Å². The second kappa shape index (κ2) is 4.94. The molecule has 5 heteroatoms. The van der Waals surface area contributed by atoms with Crippen LogP contribution in [0.25, 0.3) is 0 Å². The van der Waals surface area contributed by atoms with E-state index in [1.807, 2.05) is 45.3 Å². The third-order valence-electron chi connectivity index (χ3n) is 3.18. The van der Waals surface area contributed by atoms with E-state index in [9.17, 15) is 4.79 Å². The summed E-state index contributed by atoms with van der Waals surface area (Å²) in [5.74, 6) is 0.941. The molecule has 3 rings (SSSR count). The Balaban J connectivity index is 1.94. The molecule has 2 aromatic rings. The molecule has 0 saturated heterocycles. The Hall–Kier alpha value is -0.990. The molecule has 0 aliphatic carbocycles. The zero-order valence-corrected chi connectivity index (χ0v) is 11.9. The highest BCUT2D eigenvalue weighted by molar-refractivity contribution is 7.98. The number of thioether (sulfide) groups is 1. The maximum Gasteiger partial charge on any atom is 0.329 e. The van der Waals surface area contributed by atoms with E-state index in [0.29, 0.717) is 6.54 Å². The van der Waals surface area contributed by atoms with Crippen LogP contribution in [-0.2, 0) is 12.3 Å². The molecule has 18 heavy (non-hydrogen) atoms. The molecule has 2 unspecified atom stereocenters. The van der Waals surface area contributed by atoms with Crippen molar-refractivity contribution >= 4 is 21.0 Å². The molecule has 1 aliphatic heterocycles. The Labute approximate surface area is 112 Å². The number of hydrogen-bond acceptors (Lipinski definition) is 2. The van der Waals surface area contributed by atoms with Gasteiger partial charge in [-0.05, 0) is 11.7 Å². The molecule has 1 aromatic carbocycles. The lowest BCUT2D eigenvalue weighted by Crippen LogP contribution is -2.26. The van der Waals surface area contributed by atoms with Crippen LogP contribution in [0.1, 0.15) is 16.6 Å². The van der Waals surface area contributed by atoms with E-state index in [1.54, 1.807) is 0 Å². The maximum absolute atomic E-state index is 12.3. The second-order valence-electron chi connectivity index (χ2n) is 4.39. The third kappa shape index (κ3) is 2.04. The number of fused-ring (bicyclic) bond motifs is 1.